The molecule has 3 aromatic rings. The van der Waals surface area contributed by atoms with Gasteiger partial charge < -0.3 is 0 Å². The van der Waals surface area contributed by atoms with Crippen LogP contribution in [0.5, 0.6) is 0 Å². The van der Waals surface area contributed by atoms with E-state index in [0.717, 1.165) is 10.0 Å². The Balaban J connectivity index is 1.97. The molecular weight excluding hydrogens is 388 g/mol. The van der Waals surface area contributed by atoms with Gasteiger partial charge in [0.15, 0.2) is 0 Å². The van der Waals surface area contributed by atoms with E-state index in [1.807, 2.05) is 54.6 Å². The fraction of sp³-hybridized carbons (Fsp3) is 0.0526. The average molecular weight is 402 g/mol. The Hall–Kier alpha value is -2.17. The van der Waals surface area contributed by atoms with Crippen molar-refractivity contribution in [3.05, 3.63) is 93.5 Å². The molecule has 0 saturated carbocycles. The largest absolute Gasteiger partial charge is 0.288 e. The molecule has 0 aliphatic carbocycles. The Morgan fingerprint density at radius 3 is 2.38 bits per heavy atom. The maximum Gasteiger partial charge on any atom is 0.259 e. The van der Waals surface area contributed by atoms with E-state index in [1.54, 1.807) is 23.2 Å². The summed E-state index contributed by atoms with van der Waals surface area (Å²) >= 11 is 9.65. The van der Waals surface area contributed by atoms with Gasteiger partial charge in [0.25, 0.3) is 5.91 Å². The second kappa shape index (κ2) is 7.60. The summed E-state index contributed by atoms with van der Waals surface area (Å²) < 4.78 is 0.925. The van der Waals surface area contributed by atoms with Crippen LogP contribution in [0.25, 0.3) is 0 Å². The summed E-state index contributed by atoms with van der Waals surface area (Å²) in [6.07, 6.45) is 1.67. The summed E-state index contributed by atoms with van der Waals surface area (Å²) in [5.74, 6) is 0.464. The van der Waals surface area contributed by atoms with Crippen molar-refractivity contribution < 1.29 is 4.79 Å². The third kappa shape index (κ3) is 3.83. The molecule has 0 saturated heterocycles. The molecule has 0 N–H and O–H groups in total. The highest BCUT2D eigenvalue weighted by atomic mass is 79.9. The molecule has 0 aliphatic rings. The summed E-state index contributed by atoms with van der Waals surface area (Å²) in [5, 5.41) is 0.627. The summed E-state index contributed by atoms with van der Waals surface area (Å²) in [6, 6.07) is 20.3. The zero-order valence-corrected chi connectivity index (χ0v) is 15.0. The van der Waals surface area contributed by atoms with Crippen LogP contribution < -0.4 is 4.90 Å². The first-order valence-corrected chi connectivity index (χ1v) is 8.54. The lowest BCUT2D eigenvalue weighted by atomic mass is 10.1. The van der Waals surface area contributed by atoms with Gasteiger partial charge in [0, 0.05) is 21.3 Å². The van der Waals surface area contributed by atoms with E-state index in [-0.39, 0.29) is 5.91 Å². The standard InChI is InChI=1S/C19H14BrClN2O/c20-16-10-8-14(9-11-16)19(24)23(18-7-3-4-12-22-18)13-15-5-1-2-6-17(15)21/h1-12H,13H2. The number of rotatable bonds is 4. The molecule has 3 nitrogen and oxygen atoms in total. The van der Waals surface area contributed by atoms with Gasteiger partial charge in [-0.2, -0.15) is 0 Å². The molecule has 1 aromatic heterocycles. The smallest absolute Gasteiger partial charge is 0.259 e. The van der Waals surface area contributed by atoms with Crippen molar-refractivity contribution in [3.8, 4) is 0 Å². The molecule has 0 atom stereocenters. The van der Waals surface area contributed by atoms with Crippen LogP contribution in [0.3, 0.4) is 0 Å². The molecule has 0 spiro atoms. The third-order valence-corrected chi connectivity index (χ3v) is 4.45. The lowest BCUT2D eigenvalue weighted by molar-refractivity contribution is 0.0984. The molecule has 1 heterocycles. The number of carbonyl (C=O) groups is 1. The number of benzene rings is 2. The normalized spacial score (nSPS) is 10.4. The van der Waals surface area contributed by atoms with Crippen molar-refractivity contribution in [2.45, 2.75) is 6.54 Å². The first-order chi connectivity index (χ1) is 11.6. The Labute approximate surface area is 154 Å². The maximum absolute atomic E-state index is 13.0. The van der Waals surface area contributed by atoms with Gasteiger partial charge in [0.2, 0.25) is 0 Å². The maximum atomic E-state index is 13.0. The molecule has 120 valence electrons. The molecule has 24 heavy (non-hydrogen) atoms. The summed E-state index contributed by atoms with van der Waals surface area (Å²) in [6.45, 7) is 0.353. The summed E-state index contributed by atoms with van der Waals surface area (Å²) in [5.41, 5.74) is 1.46. The first-order valence-electron chi connectivity index (χ1n) is 7.37. The highest BCUT2D eigenvalue weighted by molar-refractivity contribution is 9.10. The van der Waals surface area contributed by atoms with Crippen LogP contribution in [0.4, 0.5) is 5.82 Å². The fourth-order valence-corrected chi connectivity index (χ4v) is 2.78. The summed E-state index contributed by atoms with van der Waals surface area (Å²) in [7, 11) is 0. The first kappa shape index (κ1) is 16.7. The Kier molecular flexibility index (Phi) is 5.28. The Morgan fingerprint density at radius 2 is 1.71 bits per heavy atom. The van der Waals surface area contributed by atoms with Crippen LogP contribution in [-0.4, -0.2) is 10.9 Å². The minimum Gasteiger partial charge on any atom is -0.288 e. The van der Waals surface area contributed by atoms with Gasteiger partial charge in [-0.05, 0) is 48.0 Å². The minimum absolute atomic E-state index is 0.124. The zero-order chi connectivity index (χ0) is 16.9. The van der Waals surface area contributed by atoms with Gasteiger partial charge in [-0.15, -0.1) is 0 Å². The molecule has 0 fully saturated rings. The lowest BCUT2D eigenvalue weighted by Crippen LogP contribution is -2.31. The Morgan fingerprint density at radius 1 is 1.00 bits per heavy atom. The van der Waals surface area contributed by atoms with Gasteiger partial charge in [-0.1, -0.05) is 51.8 Å². The molecular formula is C19H14BrClN2O. The van der Waals surface area contributed by atoms with Gasteiger partial charge in [-0.3, -0.25) is 9.69 Å². The quantitative estimate of drug-likeness (QED) is 0.591. The Bertz CT molecular complexity index is 838. The number of anilines is 1. The number of hydrogen-bond acceptors (Lipinski definition) is 2. The predicted molar refractivity (Wildman–Crippen MR) is 100 cm³/mol. The van der Waals surface area contributed by atoms with E-state index < -0.39 is 0 Å². The van der Waals surface area contributed by atoms with Crippen LogP contribution in [-0.2, 0) is 6.54 Å². The van der Waals surface area contributed by atoms with Gasteiger partial charge in [-0.25, -0.2) is 4.98 Å². The SMILES string of the molecule is O=C(c1ccc(Br)cc1)N(Cc1ccccc1Cl)c1ccccn1. The van der Waals surface area contributed by atoms with Crippen LogP contribution in [0.2, 0.25) is 5.02 Å². The lowest BCUT2D eigenvalue weighted by Gasteiger charge is -2.22. The summed E-state index contributed by atoms with van der Waals surface area (Å²) in [4.78, 5) is 19.0. The molecule has 0 aliphatic heterocycles. The van der Waals surface area contributed by atoms with Crippen molar-refractivity contribution in [2.75, 3.05) is 4.90 Å². The molecule has 0 radical (unpaired) electrons. The van der Waals surface area contributed by atoms with Crippen molar-refractivity contribution in [3.63, 3.8) is 0 Å². The molecule has 0 bridgehead atoms. The van der Waals surface area contributed by atoms with Gasteiger partial charge in [0.1, 0.15) is 5.82 Å². The number of pyridine rings is 1. The molecule has 5 heteroatoms. The van der Waals surface area contributed by atoms with Gasteiger partial charge in [0.05, 0.1) is 6.54 Å². The minimum atomic E-state index is -0.124. The van der Waals surface area contributed by atoms with Crippen molar-refractivity contribution in [1.29, 1.82) is 0 Å². The van der Waals surface area contributed by atoms with Crippen LogP contribution >= 0.6 is 27.5 Å². The van der Waals surface area contributed by atoms with E-state index in [2.05, 4.69) is 20.9 Å². The van der Waals surface area contributed by atoms with E-state index >= 15 is 0 Å². The highest BCUT2D eigenvalue weighted by Gasteiger charge is 2.20. The van der Waals surface area contributed by atoms with Gasteiger partial charge >= 0.3 is 0 Å². The predicted octanol–water partition coefficient (Wildman–Crippen LogP) is 5.34. The monoisotopic (exact) mass is 400 g/mol. The highest BCUT2D eigenvalue weighted by Crippen LogP contribution is 2.22. The number of hydrogen-bond donors (Lipinski definition) is 0. The number of amides is 1. The van der Waals surface area contributed by atoms with Crippen molar-refractivity contribution in [1.82, 2.24) is 4.98 Å². The number of carbonyl (C=O) groups excluding carboxylic acids is 1. The molecule has 0 unspecified atom stereocenters. The van der Waals surface area contributed by atoms with E-state index in [1.165, 1.54) is 0 Å². The van der Waals surface area contributed by atoms with Crippen molar-refractivity contribution >= 4 is 39.3 Å². The zero-order valence-electron chi connectivity index (χ0n) is 12.7. The molecule has 3 rings (SSSR count). The fourth-order valence-electron chi connectivity index (χ4n) is 2.32. The van der Waals surface area contributed by atoms with Crippen LogP contribution in [0, 0.1) is 0 Å². The van der Waals surface area contributed by atoms with Crippen molar-refractivity contribution in [2.24, 2.45) is 0 Å². The van der Waals surface area contributed by atoms with Crippen LogP contribution in [0.1, 0.15) is 15.9 Å². The number of nitrogens with zero attached hydrogens (tertiary/aromatic N) is 2. The van der Waals surface area contributed by atoms with E-state index in [9.17, 15) is 4.79 Å². The molecule has 2 aromatic carbocycles. The van der Waals surface area contributed by atoms with E-state index in [4.69, 9.17) is 11.6 Å². The second-order valence-electron chi connectivity index (χ2n) is 5.18. The van der Waals surface area contributed by atoms with E-state index in [0.29, 0.717) is 22.9 Å². The van der Waals surface area contributed by atoms with Crippen LogP contribution in [0.15, 0.2) is 77.4 Å². The topological polar surface area (TPSA) is 33.2 Å². The molecule has 1 amide bonds. The number of halogens is 2. The number of aromatic nitrogens is 1. The third-order valence-electron chi connectivity index (χ3n) is 3.55. The average Bonchev–Trinajstić information content (AvgIpc) is 2.62. The second-order valence-corrected chi connectivity index (χ2v) is 6.50.